The molecule has 3 aromatic rings. The van der Waals surface area contributed by atoms with Crippen molar-refractivity contribution < 1.29 is 14.6 Å². The van der Waals surface area contributed by atoms with Crippen LogP contribution < -0.4 is 0 Å². The van der Waals surface area contributed by atoms with Crippen LogP contribution in [0.15, 0.2) is 60.8 Å². The van der Waals surface area contributed by atoms with Crippen molar-refractivity contribution >= 4 is 5.97 Å². The number of benzene rings is 2. The van der Waals surface area contributed by atoms with Crippen molar-refractivity contribution in [1.29, 1.82) is 0 Å². The highest BCUT2D eigenvalue weighted by Crippen LogP contribution is 2.33. The molecule has 1 saturated heterocycles. The zero-order chi connectivity index (χ0) is 20.8. The van der Waals surface area contributed by atoms with E-state index in [2.05, 4.69) is 27.2 Å². The van der Waals surface area contributed by atoms with Crippen molar-refractivity contribution in [2.45, 2.75) is 25.4 Å². The molecule has 0 unspecified atom stereocenters. The van der Waals surface area contributed by atoms with E-state index >= 15 is 0 Å². The van der Waals surface area contributed by atoms with Gasteiger partial charge in [-0.2, -0.15) is 5.10 Å². The number of aromatic amines is 1. The molecule has 0 aliphatic carbocycles. The Hall–Kier alpha value is -2.96. The maximum Gasteiger partial charge on any atom is 0.335 e. The topological polar surface area (TPSA) is 78.4 Å². The zero-order valence-electron chi connectivity index (χ0n) is 17.0. The number of hydrogen-bond donors (Lipinski definition) is 2. The van der Waals surface area contributed by atoms with Gasteiger partial charge in [-0.25, -0.2) is 4.79 Å². The molecule has 0 spiro atoms. The highest BCUT2D eigenvalue weighted by atomic mass is 16.5. The van der Waals surface area contributed by atoms with Gasteiger partial charge < -0.3 is 14.7 Å². The number of aromatic carboxylic acids is 1. The minimum Gasteiger partial charge on any atom is -0.478 e. The van der Waals surface area contributed by atoms with Crippen molar-refractivity contribution in [1.82, 2.24) is 15.1 Å². The van der Waals surface area contributed by atoms with E-state index in [1.807, 2.05) is 36.5 Å². The molecule has 2 aromatic carbocycles. The fourth-order valence-corrected chi connectivity index (χ4v) is 4.08. The van der Waals surface area contributed by atoms with Gasteiger partial charge in [0.15, 0.2) is 0 Å². The van der Waals surface area contributed by atoms with Crippen LogP contribution in [-0.2, 0) is 11.3 Å². The summed E-state index contributed by atoms with van der Waals surface area (Å²) < 4.78 is 5.86. The second kappa shape index (κ2) is 9.69. The van der Waals surface area contributed by atoms with E-state index in [1.54, 1.807) is 12.1 Å². The first-order valence-electron chi connectivity index (χ1n) is 10.4. The minimum absolute atomic E-state index is 0.295. The number of likely N-dealkylation sites (tertiary alicyclic amines) is 1. The van der Waals surface area contributed by atoms with Gasteiger partial charge in [0, 0.05) is 30.3 Å². The van der Waals surface area contributed by atoms with Gasteiger partial charge in [-0.05, 0) is 42.6 Å². The van der Waals surface area contributed by atoms with E-state index in [4.69, 9.17) is 9.84 Å². The quantitative estimate of drug-likeness (QED) is 0.550. The zero-order valence-corrected chi connectivity index (χ0v) is 17.0. The Kier molecular flexibility index (Phi) is 6.57. The third-order valence-corrected chi connectivity index (χ3v) is 5.69. The molecule has 6 heteroatoms. The number of piperidine rings is 1. The molecule has 2 heterocycles. The van der Waals surface area contributed by atoms with Crippen LogP contribution in [0.3, 0.4) is 0 Å². The third kappa shape index (κ3) is 4.96. The van der Waals surface area contributed by atoms with Gasteiger partial charge in [-0.15, -0.1) is 0 Å². The number of ether oxygens (including phenoxy) is 1. The Labute approximate surface area is 176 Å². The molecule has 4 rings (SSSR count). The number of carboxylic acid groups (broad SMARTS) is 1. The number of carboxylic acids is 1. The maximum absolute atomic E-state index is 11.1. The molecule has 156 valence electrons. The fraction of sp³-hybridized carbons (Fsp3) is 0.333. The Morgan fingerprint density at radius 2 is 1.97 bits per heavy atom. The lowest BCUT2D eigenvalue weighted by Crippen LogP contribution is -2.36. The molecule has 0 amide bonds. The lowest BCUT2D eigenvalue weighted by molar-refractivity contribution is 0.0697. The van der Waals surface area contributed by atoms with Crippen molar-refractivity contribution in [2.24, 2.45) is 0 Å². The lowest BCUT2D eigenvalue weighted by atomic mass is 9.90. The number of aromatic nitrogens is 2. The summed E-state index contributed by atoms with van der Waals surface area (Å²) in [6.45, 7) is 4.34. The molecular formula is C24H27N3O3. The van der Waals surface area contributed by atoms with Gasteiger partial charge in [0.1, 0.15) is 0 Å². The molecule has 0 radical (unpaired) electrons. The number of rotatable bonds is 8. The van der Waals surface area contributed by atoms with Crippen LogP contribution in [0.2, 0.25) is 0 Å². The fourth-order valence-electron chi connectivity index (χ4n) is 4.08. The molecule has 1 fully saturated rings. The number of nitrogens with one attached hydrogen (secondary N) is 1. The van der Waals surface area contributed by atoms with E-state index in [0.29, 0.717) is 24.7 Å². The van der Waals surface area contributed by atoms with Gasteiger partial charge >= 0.3 is 5.97 Å². The summed E-state index contributed by atoms with van der Waals surface area (Å²) in [6, 6.07) is 17.3. The van der Waals surface area contributed by atoms with Gasteiger partial charge in [-0.1, -0.05) is 42.5 Å². The first-order valence-corrected chi connectivity index (χ1v) is 10.4. The van der Waals surface area contributed by atoms with Crippen LogP contribution in [0.5, 0.6) is 0 Å². The maximum atomic E-state index is 11.1. The van der Waals surface area contributed by atoms with Crippen molar-refractivity contribution in [3.63, 3.8) is 0 Å². The Morgan fingerprint density at radius 1 is 1.17 bits per heavy atom. The number of H-pyrrole nitrogens is 1. The van der Waals surface area contributed by atoms with Crippen LogP contribution in [0, 0.1) is 0 Å². The molecule has 1 aliphatic rings. The molecule has 1 aromatic heterocycles. The van der Waals surface area contributed by atoms with Gasteiger partial charge in [0.05, 0.1) is 25.0 Å². The van der Waals surface area contributed by atoms with Crippen molar-refractivity contribution in [3.8, 4) is 11.1 Å². The van der Waals surface area contributed by atoms with E-state index in [0.717, 1.165) is 49.3 Å². The smallest absolute Gasteiger partial charge is 0.335 e. The van der Waals surface area contributed by atoms with Crippen molar-refractivity contribution in [2.75, 3.05) is 26.2 Å². The van der Waals surface area contributed by atoms with E-state index in [1.165, 1.54) is 5.56 Å². The first-order chi connectivity index (χ1) is 14.7. The summed E-state index contributed by atoms with van der Waals surface area (Å²) in [7, 11) is 0. The SMILES string of the molecule is O=C(O)c1ccc(-c2cn[nH]c2[C@@H]2CCCN(CCOCc3ccccc3)C2)cc1. The van der Waals surface area contributed by atoms with Crippen LogP contribution in [0.4, 0.5) is 0 Å². The van der Waals surface area contributed by atoms with Crippen LogP contribution >= 0.6 is 0 Å². The van der Waals surface area contributed by atoms with E-state index in [-0.39, 0.29) is 0 Å². The first kappa shape index (κ1) is 20.3. The third-order valence-electron chi connectivity index (χ3n) is 5.69. The second-order valence-corrected chi connectivity index (χ2v) is 7.76. The largest absolute Gasteiger partial charge is 0.478 e. The van der Waals surface area contributed by atoms with E-state index < -0.39 is 5.97 Å². The highest BCUT2D eigenvalue weighted by molar-refractivity contribution is 5.88. The summed E-state index contributed by atoms with van der Waals surface area (Å²) in [5.41, 5.74) is 4.67. The average molecular weight is 405 g/mol. The normalized spacial score (nSPS) is 17.1. The van der Waals surface area contributed by atoms with Gasteiger partial charge in [0.2, 0.25) is 0 Å². The van der Waals surface area contributed by atoms with Gasteiger partial charge in [-0.3, -0.25) is 5.10 Å². The molecule has 6 nitrogen and oxygen atoms in total. The Bertz CT molecular complexity index is 953. The van der Waals surface area contributed by atoms with E-state index in [9.17, 15) is 4.79 Å². The average Bonchev–Trinajstić information content (AvgIpc) is 3.28. The molecule has 30 heavy (non-hydrogen) atoms. The number of hydrogen-bond acceptors (Lipinski definition) is 4. The summed E-state index contributed by atoms with van der Waals surface area (Å²) in [4.78, 5) is 13.6. The predicted molar refractivity (Wildman–Crippen MR) is 115 cm³/mol. The monoisotopic (exact) mass is 405 g/mol. The molecule has 0 saturated carbocycles. The molecule has 1 aliphatic heterocycles. The molecular weight excluding hydrogens is 378 g/mol. The summed E-state index contributed by atoms with van der Waals surface area (Å²) >= 11 is 0. The summed E-state index contributed by atoms with van der Waals surface area (Å²) in [5, 5.41) is 16.6. The van der Waals surface area contributed by atoms with Crippen molar-refractivity contribution in [3.05, 3.63) is 77.6 Å². The Balaban J connectivity index is 1.34. The standard InChI is InChI=1S/C24H27N3O3/c28-24(29)20-10-8-19(9-11-20)22-15-25-26-23(22)21-7-4-12-27(16-21)13-14-30-17-18-5-2-1-3-6-18/h1-3,5-6,8-11,15,21H,4,7,12-14,16-17H2,(H,25,26)(H,28,29)/t21-/m1/s1. The molecule has 1 atom stereocenters. The van der Waals surface area contributed by atoms with Crippen LogP contribution in [-0.4, -0.2) is 52.4 Å². The molecule has 0 bridgehead atoms. The second-order valence-electron chi connectivity index (χ2n) is 7.76. The highest BCUT2D eigenvalue weighted by Gasteiger charge is 2.25. The van der Waals surface area contributed by atoms with Crippen LogP contribution in [0.25, 0.3) is 11.1 Å². The summed E-state index contributed by atoms with van der Waals surface area (Å²) in [6.07, 6.45) is 4.09. The number of carbonyl (C=O) groups is 1. The van der Waals surface area contributed by atoms with Crippen LogP contribution in [0.1, 0.15) is 40.4 Å². The Morgan fingerprint density at radius 3 is 2.73 bits per heavy atom. The minimum atomic E-state index is -0.911. The molecule has 2 N–H and O–H groups in total. The van der Waals surface area contributed by atoms with Gasteiger partial charge in [0.25, 0.3) is 0 Å². The predicted octanol–water partition coefficient (Wildman–Crippen LogP) is 4.17. The number of nitrogens with zero attached hydrogens (tertiary/aromatic N) is 2. The summed E-state index contributed by atoms with van der Waals surface area (Å²) in [5.74, 6) is -0.532. The lowest BCUT2D eigenvalue weighted by Gasteiger charge is -2.32.